The fourth-order valence-electron chi connectivity index (χ4n) is 4.78. The monoisotopic (exact) mass is 427 g/mol. The quantitative estimate of drug-likeness (QED) is 0.451. The summed E-state index contributed by atoms with van der Waals surface area (Å²) in [6, 6.07) is 7.27. The van der Waals surface area contributed by atoms with Gasteiger partial charge in [-0.05, 0) is 35.4 Å². The molecule has 1 fully saturated rings. The lowest BCUT2D eigenvalue weighted by atomic mass is 9.66. The molecule has 2 heterocycles. The van der Waals surface area contributed by atoms with E-state index in [9.17, 15) is 10.0 Å². The molecule has 2 aliphatic heterocycles. The van der Waals surface area contributed by atoms with Crippen molar-refractivity contribution in [3.63, 3.8) is 0 Å². The van der Waals surface area contributed by atoms with Gasteiger partial charge >= 0.3 is 5.97 Å². The fraction of sp³-hybridized carbons (Fsp3) is 0.364. The van der Waals surface area contributed by atoms with Crippen LogP contribution in [-0.2, 0) is 9.53 Å². The number of fused-ring (bicyclic) bond motifs is 3. The van der Waals surface area contributed by atoms with Gasteiger partial charge in [0.2, 0.25) is 12.5 Å². The largest absolute Gasteiger partial charge is 0.493 e. The fourth-order valence-corrected chi connectivity index (χ4v) is 4.78. The Morgan fingerprint density at radius 1 is 0.968 bits per heavy atom. The van der Waals surface area contributed by atoms with Gasteiger partial charge in [-0.25, -0.2) is 0 Å². The third-order valence-electron chi connectivity index (χ3n) is 6.13. The predicted molar refractivity (Wildman–Crippen MR) is 107 cm³/mol. The summed E-state index contributed by atoms with van der Waals surface area (Å²) in [5, 5.41) is 13.3. The topological polar surface area (TPSA) is 105 Å². The zero-order chi connectivity index (χ0) is 21.7. The molecular formula is C22H21NO8. The second-order valence-corrected chi connectivity index (χ2v) is 7.48. The molecule has 0 radical (unpaired) electrons. The number of oxime groups is 1. The minimum atomic E-state index is -0.582. The van der Waals surface area contributed by atoms with E-state index in [1.807, 2.05) is 18.2 Å². The van der Waals surface area contributed by atoms with Gasteiger partial charge in [-0.15, -0.1) is 0 Å². The molecule has 3 atom stereocenters. The first-order valence-corrected chi connectivity index (χ1v) is 9.73. The number of carbonyl (C=O) groups is 1. The summed E-state index contributed by atoms with van der Waals surface area (Å²) in [4.78, 5) is 12.8. The molecule has 1 saturated heterocycles. The Labute approximate surface area is 178 Å². The normalized spacial score (nSPS) is 24.4. The number of nitrogens with zero attached hydrogens (tertiary/aromatic N) is 1. The first-order valence-electron chi connectivity index (χ1n) is 9.73. The van der Waals surface area contributed by atoms with Gasteiger partial charge in [-0.3, -0.25) is 4.79 Å². The van der Waals surface area contributed by atoms with Gasteiger partial charge in [0, 0.05) is 11.5 Å². The number of carbonyl (C=O) groups excluding carboxylic acids is 1. The van der Waals surface area contributed by atoms with Crippen molar-refractivity contribution < 1.29 is 38.4 Å². The first-order chi connectivity index (χ1) is 15.1. The zero-order valence-corrected chi connectivity index (χ0v) is 17.2. The van der Waals surface area contributed by atoms with Crippen molar-refractivity contribution >= 4 is 11.7 Å². The van der Waals surface area contributed by atoms with Crippen LogP contribution in [0, 0.1) is 11.8 Å². The number of hydrogen-bond acceptors (Lipinski definition) is 9. The molecule has 0 spiro atoms. The van der Waals surface area contributed by atoms with Gasteiger partial charge in [-0.2, -0.15) is 0 Å². The highest BCUT2D eigenvalue weighted by atomic mass is 16.7. The van der Waals surface area contributed by atoms with Gasteiger partial charge < -0.3 is 33.6 Å². The Balaban J connectivity index is 1.77. The van der Waals surface area contributed by atoms with E-state index in [0.717, 1.165) is 11.1 Å². The average Bonchev–Trinajstić information content (AvgIpc) is 3.41. The van der Waals surface area contributed by atoms with Crippen LogP contribution >= 0.6 is 0 Å². The lowest BCUT2D eigenvalue weighted by Crippen LogP contribution is -2.36. The van der Waals surface area contributed by atoms with Crippen LogP contribution in [0.2, 0.25) is 0 Å². The van der Waals surface area contributed by atoms with E-state index in [4.69, 9.17) is 28.4 Å². The van der Waals surface area contributed by atoms with Crippen molar-refractivity contribution in [1.29, 1.82) is 0 Å². The molecule has 162 valence electrons. The van der Waals surface area contributed by atoms with Crippen molar-refractivity contribution in [1.82, 2.24) is 0 Å². The van der Waals surface area contributed by atoms with E-state index in [1.54, 1.807) is 6.07 Å². The summed E-state index contributed by atoms with van der Waals surface area (Å²) >= 11 is 0. The van der Waals surface area contributed by atoms with Gasteiger partial charge in [0.25, 0.3) is 0 Å². The lowest BCUT2D eigenvalue weighted by Gasteiger charge is -2.34. The molecule has 5 rings (SSSR count). The van der Waals surface area contributed by atoms with Crippen molar-refractivity contribution in [2.75, 3.05) is 34.7 Å². The lowest BCUT2D eigenvalue weighted by molar-refractivity contribution is -0.141. The summed E-state index contributed by atoms with van der Waals surface area (Å²) in [6.45, 7) is 0.241. The van der Waals surface area contributed by atoms with Gasteiger partial charge in [0.1, 0.15) is 6.61 Å². The van der Waals surface area contributed by atoms with Gasteiger partial charge in [0.15, 0.2) is 23.0 Å². The standard InChI is InChI=1S/C22H21NO8/c1-26-16-4-10(5-17(27-2)21(16)28-3)18-11-6-14-15(31-9-30-14)7-12(11)20(23-25)13-8-29-22(24)19(13)18/h4-7,13,18-19,25H,8-9H2,1-3H3/t13-,18+,19+/m0/s1. The molecule has 9 nitrogen and oxygen atoms in total. The molecule has 31 heavy (non-hydrogen) atoms. The van der Waals surface area contributed by atoms with Crippen LogP contribution in [0.25, 0.3) is 0 Å². The van der Waals surface area contributed by atoms with Crippen LogP contribution in [0.1, 0.15) is 22.6 Å². The highest BCUT2D eigenvalue weighted by molar-refractivity contribution is 6.08. The molecular weight excluding hydrogens is 406 g/mol. The number of ether oxygens (including phenoxy) is 6. The summed E-state index contributed by atoms with van der Waals surface area (Å²) in [6.07, 6.45) is 0. The number of esters is 1. The smallest absolute Gasteiger partial charge is 0.310 e. The van der Waals surface area contributed by atoms with E-state index in [2.05, 4.69) is 5.16 Å². The molecule has 0 aromatic heterocycles. The Morgan fingerprint density at radius 3 is 2.26 bits per heavy atom. The highest BCUT2D eigenvalue weighted by Gasteiger charge is 2.51. The number of rotatable bonds is 4. The van der Waals surface area contributed by atoms with E-state index >= 15 is 0 Å². The minimum Gasteiger partial charge on any atom is -0.493 e. The SMILES string of the molecule is COc1cc([C@@H]2c3cc4c(cc3C(=NO)[C@H]3COC(=O)[C@@H]23)OCO4)cc(OC)c1OC. The minimum absolute atomic E-state index is 0.105. The Bertz CT molecular complexity index is 1070. The van der Waals surface area contributed by atoms with E-state index < -0.39 is 17.8 Å². The Kier molecular flexibility index (Phi) is 4.53. The molecule has 2 aromatic carbocycles. The van der Waals surface area contributed by atoms with Crippen LogP contribution in [0.4, 0.5) is 0 Å². The summed E-state index contributed by atoms with van der Waals surface area (Å²) in [5.74, 6) is 0.782. The number of cyclic esters (lactones) is 1. The zero-order valence-electron chi connectivity index (χ0n) is 17.2. The number of methoxy groups -OCH3 is 3. The van der Waals surface area contributed by atoms with Gasteiger partial charge in [0.05, 0.1) is 38.9 Å². The average molecular weight is 427 g/mol. The highest BCUT2D eigenvalue weighted by Crippen LogP contribution is 2.52. The van der Waals surface area contributed by atoms with Crippen LogP contribution in [0.5, 0.6) is 28.7 Å². The maximum atomic E-state index is 12.8. The van der Waals surface area contributed by atoms with Crippen molar-refractivity contribution in [2.45, 2.75) is 5.92 Å². The molecule has 0 unspecified atom stereocenters. The van der Waals surface area contributed by atoms with Crippen LogP contribution < -0.4 is 23.7 Å². The molecule has 0 saturated carbocycles. The first kappa shape index (κ1) is 19.3. The van der Waals surface area contributed by atoms with Crippen LogP contribution in [-0.4, -0.2) is 51.6 Å². The van der Waals surface area contributed by atoms with Crippen molar-refractivity contribution in [2.24, 2.45) is 17.0 Å². The third-order valence-corrected chi connectivity index (χ3v) is 6.13. The molecule has 1 N–H and O–H groups in total. The molecule has 9 heteroatoms. The van der Waals surface area contributed by atoms with Gasteiger partial charge in [-0.1, -0.05) is 5.16 Å². The Hall–Kier alpha value is -3.62. The second kappa shape index (κ2) is 7.26. The van der Waals surface area contributed by atoms with E-state index in [-0.39, 0.29) is 19.4 Å². The van der Waals surface area contributed by atoms with E-state index in [1.165, 1.54) is 21.3 Å². The summed E-state index contributed by atoms with van der Waals surface area (Å²) in [5.41, 5.74) is 2.63. The maximum Gasteiger partial charge on any atom is 0.310 e. The number of hydrogen-bond donors (Lipinski definition) is 1. The molecule has 0 amide bonds. The maximum absolute atomic E-state index is 12.8. The van der Waals surface area contributed by atoms with E-state index in [0.29, 0.717) is 40.0 Å². The Morgan fingerprint density at radius 2 is 1.65 bits per heavy atom. The molecule has 1 aliphatic carbocycles. The number of benzene rings is 2. The predicted octanol–water partition coefficient (Wildman–Crippen LogP) is 2.55. The summed E-state index contributed by atoms with van der Waals surface area (Å²) in [7, 11) is 4.61. The van der Waals surface area contributed by atoms with Crippen molar-refractivity contribution in [3.8, 4) is 28.7 Å². The summed E-state index contributed by atoms with van der Waals surface area (Å²) < 4.78 is 33.0. The van der Waals surface area contributed by atoms with Crippen molar-refractivity contribution in [3.05, 3.63) is 41.0 Å². The van der Waals surface area contributed by atoms with Crippen LogP contribution in [0.3, 0.4) is 0 Å². The molecule has 0 bridgehead atoms. The van der Waals surface area contributed by atoms with Crippen LogP contribution in [0.15, 0.2) is 29.4 Å². The second-order valence-electron chi connectivity index (χ2n) is 7.48. The molecule has 3 aliphatic rings. The molecule has 2 aromatic rings. The third kappa shape index (κ3) is 2.76.